The second kappa shape index (κ2) is 9.38. The SMILES string of the molecule is O=C(COC(=O)CNC(=O)C1CCCCC1)Nc1ccccc1C(F)(F)F. The lowest BCUT2D eigenvalue weighted by Crippen LogP contribution is -2.36. The van der Waals surface area contributed by atoms with Crippen LogP contribution < -0.4 is 10.6 Å². The van der Waals surface area contributed by atoms with Crippen molar-refractivity contribution >= 4 is 23.5 Å². The third-order valence-electron chi connectivity index (χ3n) is 4.25. The molecule has 2 N–H and O–H groups in total. The molecule has 0 aromatic heterocycles. The van der Waals surface area contributed by atoms with Crippen molar-refractivity contribution < 1.29 is 32.3 Å². The first-order chi connectivity index (χ1) is 12.8. The van der Waals surface area contributed by atoms with Crippen LogP contribution in [0.5, 0.6) is 0 Å². The first-order valence-electron chi connectivity index (χ1n) is 8.67. The number of halogens is 3. The van der Waals surface area contributed by atoms with Gasteiger partial charge in [-0.15, -0.1) is 0 Å². The molecule has 9 heteroatoms. The van der Waals surface area contributed by atoms with E-state index in [-0.39, 0.29) is 18.4 Å². The molecule has 0 spiro atoms. The summed E-state index contributed by atoms with van der Waals surface area (Å²) >= 11 is 0. The van der Waals surface area contributed by atoms with Gasteiger partial charge >= 0.3 is 12.1 Å². The highest BCUT2D eigenvalue weighted by Gasteiger charge is 2.33. The van der Waals surface area contributed by atoms with Crippen LogP contribution in [0.3, 0.4) is 0 Å². The minimum absolute atomic E-state index is 0.117. The molecule has 2 rings (SSSR count). The fourth-order valence-corrected chi connectivity index (χ4v) is 2.89. The summed E-state index contributed by atoms with van der Waals surface area (Å²) in [5, 5.41) is 4.53. The molecule has 1 aromatic rings. The zero-order valence-corrected chi connectivity index (χ0v) is 14.6. The summed E-state index contributed by atoms with van der Waals surface area (Å²) in [6, 6.07) is 4.49. The smallest absolute Gasteiger partial charge is 0.418 e. The first-order valence-corrected chi connectivity index (χ1v) is 8.67. The number of alkyl halides is 3. The molecule has 0 aliphatic heterocycles. The van der Waals surface area contributed by atoms with E-state index in [0.717, 1.165) is 44.2 Å². The predicted molar refractivity (Wildman–Crippen MR) is 90.6 cm³/mol. The topological polar surface area (TPSA) is 84.5 Å². The van der Waals surface area contributed by atoms with E-state index >= 15 is 0 Å². The zero-order valence-electron chi connectivity index (χ0n) is 14.6. The fraction of sp³-hybridized carbons (Fsp3) is 0.500. The molecule has 0 bridgehead atoms. The van der Waals surface area contributed by atoms with Gasteiger partial charge in [-0.1, -0.05) is 31.4 Å². The van der Waals surface area contributed by atoms with Crippen molar-refractivity contribution in [3.05, 3.63) is 29.8 Å². The van der Waals surface area contributed by atoms with Crippen LogP contribution in [-0.4, -0.2) is 30.9 Å². The Morgan fingerprint density at radius 2 is 1.74 bits per heavy atom. The Morgan fingerprint density at radius 3 is 2.41 bits per heavy atom. The van der Waals surface area contributed by atoms with Crippen molar-refractivity contribution in [2.24, 2.45) is 5.92 Å². The molecule has 148 valence electrons. The van der Waals surface area contributed by atoms with E-state index < -0.39 is 35.9 Å². The third kappa shape index (κ3) is 6.58. The minimum Gasteiger partial charge on any atom is -0.454 e. The lowest BCUT2D eigenvalue weighted by Gasteiger charge is -2.20. The average molecular weight is 386 g/mol. The average Bonchev–Trinajstić information content (AvgIpc) is 2.64. The van der Waals surface area contributed by atoms with Gasteiger partial charge in [0.15, 0.2) is 6.61 Å². The van der Waals surface area contributed by atoms with Crippen molar-refractivity contribution in [3.63, 3.8) is 0 Å². The maximum Gasteiger partial charge on any atom is 0.418 e. The lowest BCUT2D eigenvalue weighted by atomic mass is 9.89. The van der Waals surface area contributed by atoms with Gasteiger partial charge in [0.05, 0.1) is 11.3 Å². The van der Waals surface area contributed by atoms with Crippen LogP contribution in [-0.2, 0) is 25.3 Å². The Bertz CT molecular complexity index is 685. The first kappa shape index (κ1) is 20.7. The van der Waals surface area contributed by atoms with E-state index in [1.807, 2.05) is 0 Å². The Labute approximate surface area is 154 Å². The van der Waals surface area contributed by atoms with Crippen molar-refractivity contribution in [1.82, 2.24) is 5.32 Å². The predicted octanol–water partition coefficient (Wildman–Crippen LogP) is 2.88. The number of benzene rings is 1. The Kier molecular flexibility index (Phi) is 7.20. The highest BCUT2D eigenvalue weighted by Crippen LogP contribution is 2.34. The summed E-state index contributed by atoms with van der Waals surface area (Å²) in [6.45, 7) is -1.13. The fourth-order valence-electron chi connectivity index (χ4n) is 2.89. The standard InChI is InChI=1S/C18H21F3N2O4/c19-18(20,21)13-8-4-5-9-14(13)23-15(24)11-27-16(25)10-22-17(26)12-6-2-1-3-7-12/h4-5,8-9,12H,1-3,6-7,10-11H2,(H,22,26)(H,23,24). The highest BCUT2D eigenvalue weighted by atomic mass is 19.4. The van der Waals surface area contributed by atoms with E-state index in [0.29, 0.717) is 0 Å². The minimum atomic E-state index is -4.62. The summed E-state index contributed by atoms with van der Waals surface area (Å²) in [6.07, 6.45) is -0.0175. The molecule has 27 heavy (non-hydrogen) atoms. The Hall–Kier alpha value is -2.58. The number of carbonyl (C=O) groups is 3. The number of hydrogen-bond acceptors (Lipinski definition) is 4. The summed E-state index contributed by atoms with van der Waals surface area (Å²) < 4.78 is 43.3. The molecule has 2 amide bonds. The summed E-state index contributed by atoms with van der Waals surface area (Å²) in [5.74, 6) is -2.08. The van der Waals surface area contributed by atoms with E-state index in [1.165, 1.54) is 12.1 Å². The largest absolute Gasteiger partial charge is 0.454 e. The Morgan fingerprint density at radius 1 is 1.07 bits per heavy atom. The molecule has 6 nitrogen and oxygen atoms in total. The molecule has 1 aliphatic carbocycles. The van der Waals surface area contributed by atoms with Gasteiger partial charge in [0.2, 0.25) is 5.91 Å². The number of rotatable bonds is 6. The van der Waals surface area contributed by atoms with E-state index in [2.05, 4.69) is 10.6 Å². The van der Waals surface area contributed by atoms with Gasteiger partial charge in [0.1, 0.15) is 6.54 Å². The molecule has 0 heterocycles. The van der Waals surface area contributed by atoms with Gasteiger partial charge < -0.3 is 15.4 Å². The second-order valence-electron chi connectivity index (χ2n) is 6.30. The summed E-state index contributed by atoms with van der Waals surface area (Å²) in [5.41, 5.74) is -1.42. The molecule has 0 radical (unpaired) electrons. The molecule has 1 aromatic carbocycles. The second-order valence-corrected chi connectivity index (χ2v) is 6.30. The van der Waals surface area contributed by atoms with Crippen LogP contribution in [0.15, 0.2) is 24.3 Å². The van der Waals surface area contributed by atoms with E-state index in [1.54, 1.807) is 0 Å². The van der Waals surface area contributed by atoms with Crippen molar-refractivity contribution in [2.75, 3.05) is 18.5 Å². The number of amides is 2. The number of nitrogens with one attached hydrogen (secondary N) is 2. The number of para-hydroxylation sites is 1. The molecule has 1 aliphatic rings. The van der Waals surface area contributed by atoms with E-state index in [4.69, 9.17) is 4.74 Å². The maximum absolute atomic E-state index is 12.9. The maximum atomic E-state index is 12.9. The van der Waals surface area contributed by atoms with Gasteiger partial charge in [0, 0.05) is 5.92 Å². The van der Waals surface area contributed by atoms with Gasteiger partial charge in [0.25, 0.3) is 5.91 Å². The van der Waals surface area contributed by atoms with Crippen LogP contribution in [0.2, 0.25) is 0 Å². The normalized spacial score (nSPS) is 15.1. The molecular weight excluding hydrogens is 365 g/mol. The lowest BCUT2D eigenvalue weighted by molar-refractivity contribution is -0.147. The van der Waals surface area contributed by atoms with Gasteiger partial charge in [-0.25, -0.2) is 0 Å². The number of anilines is 1. The van der Waals surface area contributed by atoms with Crippen LogP contribution in [0.4, 0.5) is 18.9 Å². The van der Waals surface area contributed by atoms with Gasteiger partial charge in [-0.2, -0.15) is 13.2 Å². The Balaban J connectivity index is 1.75. The van der Waals surface area contributed by atoms with Crippen LogP contribution >= 0.6 is 0 Å². The van der Waals surface area contributed by atoms with Crippen molar-refractivity contribution in [1.29, 1.82) is 0 Å². The van der Waals surface area contributed by atoms with Crippen molar-refractivity contribution in [3.8, 4) is 0 Å². The molecule has 0 unspecified atom stereocenters. The molecule has 0 saturated heterocycles. The number of hydrogen-bond donors (Lipinski definition) is 2. The van der Waals surface area contributed by atoms with Crippen molar-refractivity contribution in [2.45, 2.75) is 38.3 Å². The highest BCUT2D eigenvalue weighted by molar-refractivity contribution is 5.94. The van der Waals surface area contributed by atoms with Crippen LogP contribution in [0.25, 0.3) is 0 Å². The van der Waals surface area contributed by atoms with Crippen LogP contribution in [0.1, 0.15) is 37.7 Å². The van der Waals surface area contributed by atoms with E-state index in [9.17, 15) is 27.6 Å². The van der Waals surface area contributed by atoms with Crippen LogP contribution in [0, 0.1) is 5.92 Å². The quantitative estimate of drug-likeness (QED) is 0.737. The summed E-state index contributed by atoms with van der Waals surface area (Å²) in [7, 11) is 0. The molecule has 1 saturated carbocycles. The number of carbonyl (C=O) groups excluding carboxylic acids is 3. The monoisotopic (exact) mass is 386 g/mol. The van der Waals surface area contributed by atoms with Gasteiger partial charge in [-0.3, -0.25) is 14.4 Å². The summed E-state index contributed by atoms with van der Waals surface area (Å²) in [4.78, 5) is 35.3. The molecule has 0 atom stereocenters. The number of ether oxygens (including phenoxy) is 1. The third-order valence-corrected chi connectivity index (χ3v) is 4.25. The molecule has 1 fully saturated rings. The zero-order chi connectivity index (χ0) is 19.9. The van der Waals surface area contributed by atoms with Gasteiger partial charge in [-0.05, 0) is 25.0 Å². The number of esters is 1. The molecular formula is C18H21F3N2O4.